The van der Waals surface area contributed by atoms with E-state index in [1.54, 1.807) is 0 Å². The lowest BCUT2D eigenvalue weighted by molar-refractivity contribution is 0.227. The minimum Gasteiger partial charge on any atom is -0.308 e. The van der Waals surface area contributed by atoms with Gasteiger partial charge in [0.15, 0.2) is 0 Å². The van der Waals surface area contributed by atoms with Crippen LogP contribution in [0.4, 0.5) is 0 Å². The van der Waals surface area contributed by atoms with E-state index in [2.05, 4.69) is 49.1 Å². The summed E-state index contributed by atoms with van der Waals surface area (Å²) in [4.78, 5) is 4.78. The lowest BCUT2D eigenvalue weighted by atomic mass is 9.91. The van der Waals surface area contributed by atoms with Crippen molar-refractivity contribution in [2.24, 2.45) is 0 Å². The zero-order chi connectivity index (χ0) is 15.7. The molecule has 1 unspecified atom stereocenters. The van der Waals surface area contributed by atoms with Gasteiger partial charge in [0, 0.05) is 19.1 Å². The van der Waals surface area contributed by atoms with E-state index in [1.807, 2.05) is 0 Å². The highest BCUT2D eigenvalue weighted by atomic mass is 15.2. The van der Waals surface area contributed by atoms with Crippen molar-refractivity contribution in [1.82, 2.24) is 15.1 Å². The molecule has 1 N–H and O–H groups in total. The topological polar surface area (TPSA) is 42.3 Å². The summed E-state index contributed by atoms with van der Waals surface area (Å²) >= 11 is 0. The summed E-state index contributed by atoms with van der Waals surface area (Å²) in [6.07, 6.45) is 6.67. The molecule has 0 heterocycles. The second-order valence-electron chi connectivity index (χ2n) is 6.71. The van der Waals surface area contributed by atoms with E-state index in [9.17, 15) is 5.26 Å². The van der Waals surface area contributed by atoms with Gasteiger partial charge >= 0.3 is 0 Å². The molecular formula is C17H34N4. The Balaban J connectivity index is 2.36. The third-order valence-electron chi connectivity index (χ3n) is 4.36. The molecule has 1 atom stereocenters. The molecule has 0 aromatic rings. The van der Waals surface area contributed by atoms with Crippen LogP contribution >= 0.6 is 0 Å². The predicted octanol–water partition coefficient (Wildman–Crippen LogP) is 2.46. The van der Waals surface area contributed by atoms with Gasteiger partial charge in [0.05, 0.1) is 6.07 Å². The van der Waals surface area contributed by atoms with E-state index < -0.39 is 0 Å². The molecule has 4 heteroatoms. The number of nitrogens with zero attached hydrogens (tertiary/aromatic N) is 3. The van der Waals surface area contributed by atoms with Crippen LogP contribution in [0.3, 0.4) is 0 Å². The van der Waals surface area contributed by atoms with Crippen molar-refractivity contribution in [1.29, 1.82) is 5.26 Å². The molecule has 1 saturated carbocycles. The Morgan fingerprint density at radius 3 is 2.33 bits per heavy atom. The van der Waals surface area contributed by atoms with E-state index >= 15 is 0 Å². The lowest BCUT2D eigenvalue weighted by Crippen LogP contribution is -2.45. The molecule has 122 valence electrons. The fourth-order valence-electron chi connectivity index (χ4n) is 2.73. The Bertz CT molecular complexity index is 319. The van der Waals surface area contributed by atoms with E-state index in [-0.39, 0.29) is 5.54 Å². The van der Waals surface area contributed by atoms with Gasteiger partial charge in [-0.25, -0.2) is 0 Å². The minimum absolute atomic E-state index is 0.291. The molecule has 0 bridgehead atoms. The first-order valence-corrected chi connectivity index (χ1v) is 8.61. The molecule has 0 aliphatic heterocycles. The lowest BCUT2D eigenvalue weighted by Gasteiger charge is -2.29. The molecule has 21 heavy (non-hydrogen) atoms. The summed E-state index contributed by atoms with van der Waals surface area (Å²) in [5.41, 5.74) is -0.291. The molecule has 1 rings (SSSR count). The zero-order valence-corrected chi connectivity index (χ0v) is 14.5. The Morgan fingerprint density at radius 2 is 1.86 bits per heavy atom. The van der Waals surface area contributed by atoms with Crippen molar-refractivity contribution in [2.75, 3.05) is 40.3 Å². The van der Waals surface area contributed by atoms with Crippen molar-refractivity contribution in [3.8, 4) is 6.07 Å². The van der Waals surface area contributed by atoms with Crippen LogP contribution in [0.2, 0.25) is 0 Å². The smallest absolute Gasteiger partial charge is 0.106 e. The average Bonchev–Trinajstić information content (AvgIpc) is 3.27. The largest absolute Gasteiger partial charge is 0.308 e. The second-order valence-corrected chi connectivity index (χ2v) is 6.71. The third-order valence-corrected chi connectivity index (χ3v) is 4.36. The van der Waals surface area contributed by atoms with Gasteiger partial charge in [-0.05, 0) is 65.7 Å². The summed E-state index contributed by atoms with van der Waals surface area (Å²) in [6.45, 7) is 8.88. The van der Waals surface area contributed by atoms with Crippen LogP contribution in [0, 0.1) is 11.3 Å². The highest BCUT2D eigenvalue weighted by Crippen LogP contribution is 2.26. The van der Waals surface area contributed by atoms with Crippen LogP contribution in [0.1, 0.15) is 52.4 Å². The van der Waals surface area contributed by atoms with Gasteiger partial charge in [-0.2, -0.15) is 5.26 Å². The molecule has 0 radical (unpaired) electrons. The first-order chi connectivity index (χ1) is 10.0. The molecule has 1 aliphatic rings. The first kappa shape index (κ1) is 18.4. The standard InChI is InChI=1S/C17H34N4/c1-5-11-21(14-13-20(3)4)12-7-10-17(6-2,15-18)19-16-8-9-16/h16,19H,5-14H2,1-4H3. The Labute approximate surface area is 131 Å². The van der Waals surface area contributed by atoms with Gasteiger partial charge in [0.2, 0.25) is 0 Å². The molecule has 0 amide bonds. The third kappa shape index (κ3) is 7.26. The van der Waals surface area contributed by atoms with Crippen molar-refractivity contribution < 1.29 is 0 Å². The zero-order valence-electron chi connectivity index (χ0n) is 14.5. The number of nitriles is 1. The Kier molecular flexibility index (Phi) is 8.24. The molecule has 0 spiro atoms. The van der Waals surface area contributed by atoms with Gasteiger partial charge < -0.3 is 9.80 Å². The number of rotatable bonds is 12. The van der Waals surface area contributed by atoms with Crippen molar-refractivity contribution in [3.05, 3.63) is 0 Å². The normalized spacial score (nSPS) is 18.0. The van der Waals surface area contributed by atoms with Crippen LogP contribution in [0.5, 0.6) is 0 Å². The number of likely N-dealkylation sites (N-methyl/N-ethyl adjacent to an activating group) is 1. The van der Waals surface area contributed by atoms with Crippen molar-refractivity contribution in [2.45, 2.75) is 64.0 Å². The maximum atomic E-state index is 9.57. The van der Waals surface area contributed by atoms with Gasteiger partial charge in [-0.15, -0.1) is 0 Å². The van der Waals surface area contributed by atoms with Crippen LogP contribution < -0.4 is 5.32 Å². The number of hydrogen-bond acceptors (Lipinski definition) is 4. The van der Waals surface area contributed by atoms with E-state index in [0.717, 1.165) is 45.4 Å². The summed E-state index contributed by atoms with van der Waals surface area (Å²) in [5.74, 6) is 0. The van der Waals surface area contributed by atoms with Gasteiger partial charge in [-0.3, -0.25) is 5.32 Å². The maximum absolute atomic E-state index is 9.57. The van der Waals surface area contributed by atoms with Crippen LogP contribution in [0.25, 0.3) is 0 Å². The quantitative estimate of drug-likeness (QED) is 0.600. The van der Waals surface area contributed by atoms with Crippen LogP contribution in [-0.2, 0) is 0 Å². The molecule has 1 fully saturated rings. The Morgan fingerprint density at radius 1 is 1.14 bits per heavy atom. The molecule has 0 aromatic carbocycles. The van der Waals surface area contributed by atoms with E-state index in [4.69, 9.17) is 0 Å². The highest BCUT2D eigenvalue weighted by molar-refractivity contribution is 5.09. The van der Waals surface area contributed by atoms with Crippen molar-refractivity contribution in [3.63, 3.8) is 0 Å². The molecule has 0 saturated heterocycles. The van der Waals surface area contributed by atoms with E-state index in [0.29, 0.717) is 6.04 Å². The molecule has 0 aromatic heterocycles. The maximum Gasteiger partial charge on any atom is 0.106 e. The van der Waals surface area contributed by atoms with Crippen LogP contribution in [-0.4, -0.2) is 61.7 Å². The number of nitrogens with one attached hydrogen (secondary N) is 1. The number of hydrogen-bond donors (Lipinski definition) is 1. The fraction of sp³-hybridized carbons (Fsp3) is 0.941. The molecular weight excluding hydrogens is 260 g/mol. The molecule has 4 nitrogen and oxygen atoms in total. The monoisotopic (exact) mass is 294 g/mol. The summed E-state index contributed by atoms with van der Waals surface area (Å²) in [7, 11) is 4.25. The van der Waals surface area contributed by atoms with Gasteiger partial charge in [-0.1, -0.05) is 13.8 Å². The SMILES string of the molecule is CCCN(CCCC(C#N)(CC)NC1CC1)CCN(C)C. The second kappa shape index (κ2) is 9.40. The molecule has 1 aliphatic carbocycles. The fourth-order valence-corrected chi connectivity index (χ4v) is 2.73. The van der Waals surface area contributed by atoms with Crippen molar-refractivity contribution >= 4 is 0 Å². The summed E-state index contributed by atoms with van der Waals surface area (Å²) < 4.78 is 0. The van der Waals surface area contributed by atoms with E-state index in [1.165, 1.54) is 19.3 Å². The van der Waals surface area contributed by atoms with Gasteiger partial charge in [0.1, 0.15) is 5.54 Å². The predicted molar refractivity (Wildman–Crippen MR) is 89.3 cm³/mol. The first-order valence-electron chi connectivity index (χ1n) is 8.61. The minimum atomic E-state index is -0.291. The summed E-state index contributed by atoms with van der Waals surface area (Å²) in [5, 5.41) is 13.1. The van der Waals surface area contributed by atoms with Gasteiger partial charge in [0.25, 0.3) is 0 Å². The average molecular weight is 294 g/mol. The van der Waals surface area contributed by atoms with Crippen LogP contribution in [0.15, 0.2) is 0 Å². The summed E-state index contributed by atoms with van der Waals surface area (Å²) in [6, 6.07) is 3.16. The highest BCUT2D eigenvalue weighted by Gasteiger charge is 2.34. The Hall–Kier alpha value is -0.630.